The second kappa shape index (κ2) is 6.89. The molecule has 0 aliphatic rings. The Bertz CT molecular complexity index is 1100. The van der Waals surface area contributed by atoms with Gasteiger partial charge in [0.2, 0.25) is 0 Å². The van der Waals surface area contributed by atoms with Crippen molar-refractivity contribution in [3.05, 3.63) is 87.8 Å². The summed E-state index contributed by atoms with van der Waals surface area (Å²) in [6.07, 6.45) is 0. The summed E-state index contributed by atoms with van der Waals surface area (Å²) in [5.74, 6) is -0.353. The molecule has 4 aromatic rings. The van der Waals surface area contributed by atoms with E-state index in [1.54, 1.807) is 12.1 Å². The molecule has 0 unspecified atom stereocenters. The molecule has 4 rings (SSSR count). The highest BCUT2D eigenvalue weighted by Crippen LogP contribution is 2.21. The fourth-order valence-electron chi connectivity index (χ4n) is 2.53. The fraction of sp³-hybridized carbons (Fsp3) is 0.0526. The summed E-state index contributed by atoms with van der Waals surface area (Å²) in [7, 11) is 0. The molecule has 128 valence electrons. The van der Waals surface area contributed by atoms with E-state index in [1.165, 1.54) is 28.2 Å². The first-order chi connectivity index (χ1) is 12.7. The highest BCUT2D eigenvalue weighted by molar-refractivity contribution is 7.18. The van der Waals surface area contributed by atoms with Gasteiger partial charge in [-0.1, -0.05) is 30.3 Å². The van der Waals surface area contributed by atoms with Crippen LogP contribution in [-0.2, 0) is 6.54 Å². The average molecular weight is 362 g/mol. The second-order valence-corrected chi connectivity index (χ2v) is 6.68. The first-order valence-electron chi connectivity index (χ1n) is 7.99. The number of nitrogens with zero attached hydrogens (tertiary/aromatic N) is 3. The van der Waals surface area contributed by atoms with Crippen LogP contribution in [0.15, 0.2) is 71.5 Å². The number of nitrogens with one attached hydrogen (secondary N) is 1. The minimum absolute atomic E-state index is 0.176. The Kier molecular flexibility index (Phi) is 4.28. The summed E-state index contributed by atoms with van der Waals surface area (Å²) in [6, 6.07) is 19.6. The van der Waals surface area contributed by atoms with E-state index < -0.39 is 0 Å². The quantitative estimate of drug-likeness (QED) is 0.606. The van der Waals surface area contributed by atoms with E-state index in [0.29, 0.717) is 12.2 Å². The third-order valence-electron chi connectivity index (χ3n) is 3.77. The highest BCUT2D eigenvalue weighted by Gasteiger charge is 2.11. The van der Waals surface area contributed by atoms with Crippen molar-refractivity contribution in [1.29, 1.82) is 0 Å². The number of hydrogen-bond acceptors (Lipinski definition) is 5. The van der Waals surface area contributed by atoms with E-state index in [0.717, 1.165) is 15.2 Å². The Morgan fingerprint density at radius 2 is 1.77 bits per heavy atom. The number of thiazole rings is 1. The maximum Gasteiger partial charge on any atom is 0.272 e. The highest BCUT2D eigenvalue weighted by atomic mass is 32.1. The van der Waals surface area contributed by atoms with Crippen molar-refractivity contribution in [1.82, 2.24) is 20.1 Å². The van der Waals surface area contributed by atoms with Gasteiger partial charge in [0.25, 0.3) is 11.5 Å². The van der Waals surface area contributed by atoms with Crippen LogP contribution < -0.4 is 10.9 Å². The number of carbonyl (C=O) groups is 1. The Labute approximate surface area is 152 Å². The van der Waals surface area contributed by atoms with Gasteiger partial charge in [0.15, 0.2) is 0 Å². The molecule has 0 fully saturated rings. The van der Waals surface area contributed by atoms with Crippen LogP contribution in [0, 0.1) is 0 Å². The van der Waals surface area contributed by atoms with E-state index in [9.17, 15) is 9.59 Å². The summed E-state index contributed by atoms with van der Waals surface area (Å²) in [5.41, 5.74) is 1.41. The largest absolute Gasteiger partial charge is 0.344 e. The van der Waals surface area contributed by atoms with Crippen molar-refractivity contribution < 1.29 is 4.79 Å². The van der Waals surface area contributed by atoms with E-state index in [2.05, 4.69) is 15.4 Å². The lowest BCUT2D eigenvalue weighted by molar-refractivity contribution is 0.0944. The number of benzene rings is 2. The molecule has 2 aromatic carbocycles. The number of fused-ring (bicyclic) bond motifs is 1. The maximum atomic E-state index is 12.4. The molecule has 0 bridgehead atoms. The molecule has 2 aromatic heterocycles. The zero-order valence-electron chi connectivity index (χ0n) is 13.6. The number of rotatable bonds is 4. The van der Waals surface area contributed by atoms with E-state index in [1.807, 2.05) is 42.5 Å². The molecule has 0 radical (unpaired) electrons. The van der Waals surface area contributed by atoms with Crippen LogP contribution in [0.4, 0.5) is 0 Å². The third kappa shape index (κ3) is 3.25. The van der Waals surface area contributed by atoms with Gasteiger partial charge in [-0.05, 0) is 30.3 Å². The van der Waals surface area contributed by atoms with Crippen molar-refractivity contribution >= 4 is 27.5 Å². The molecule has 6 nitrogen and oxygen atoms in total. The van der Waals surface area contributed by atoms with Gasteiger partial charge in [-0.25, -0.2) is 4.98 Å². The smallest absolute Gasteiger partial charge is 0.272 e. The summed E-state index contributed by atoms with van der Waals surface area (Å²) in [6.45, 7) is 0.310. The van der Waals surface area contributed by atoms with Gasteiger partial charge in [0, 0.05) is 6.07 Å². The van der Waals surface area contributed by atoms with Gasteiger partial charge in [0.1, 0.15) is 10.7 Å². The van der Waals surface area contributed by atoms with Crippen LogP contribution >= 0.6 is 11.3 Å². The number of carbonyl (C=O) groups excluding carboxylic acids is 1. The van der Waals surface area contributed by atoms with Crippen molar-refractivity contribution in [2.45, 2.75) is 6.54 Å². The van der Waals surface area contributed by atoms with Crippen molar-refractivity contribution in [2.24, 2.45) is 0 Å². The molecule has 0 spiro atoms. The van der Waals surface area contributed by atoms with Gasteiger partial charge in [0.05, 0.1) is 22.4 Å². The molecule has 0 aliphatic carbocycles. The molecular formula is C19H14N4O2S. The van der Waals surface area contributed by atoms with Gasteiger partial charge < -0.3 is 5.32 Å². The van der Waals surface area contributed by atoms with Crippen molar-refractivity contribution in [3.63, 3.8) is 0 Å². The standard InChI is InChI=1S/C19H14N4O2S/c24-18-11-10-15(22-23(18)13-6-2-1-3-7-13)19(25)20-12-17-21-14-8-4-5-9-16(14)26-17/h1-11H,12H2,(H,20,25). The number of para-hydroxylation sites is 2. The number of amides is 1. The summed E-state index contributed by atoms with van der Waals surface area (Å²) in [4.78, 5) is 28.9. The van der Waals surface area contributed by atoms with Crippen LogP contribution in [0.3, 0.4) is 0 Å². The summed E-state index contributed by atoms with van der Waals surface area (Å²) < 4.78 is 2.29. The molecule has 7 heteroatoms. The predicted molar refractivity (Wildman–Crippen MR) is 101 cm³/mol. The SMILES string of the molecule is O=C(NCc1nc2ccccc2s1)c1ccc(=O)n(-c2ccccc2)n1. The molecule has 0 atom stereocenters. The van der Waals surface area contributed by atoms with Gasteiger partial charge in [-0.2, -0.15) is 9.78 Å². The van der Waals surface area contributed by atoms with E-state index in [4.69, 9.17) is 0 Å². The molecule has 1 N–H and O–H groups in total. The molecule has 1 amide bonds. The van der Waals surface area contributed by atoms with Crippen LogP contribution in [0.1, 0.15) is 15.5 Å². The van der Waals surface area contributed by atoms with Gasteiger partial charge >= 0.3 is 0 Å². The van der Waals surface area contributed by atoms with Crippen LogP contribution in [0.5, 0.6) is 0 Å². The zero-order valence-corrected chi connectivity index (χ0v) is 14.4. The normalized spacial score (nSPS) is 10.8. The first-order valence-corrected chi connectivity index (χ1v) is 8.81. The summed E-state index contributed by atoms with van der Waals surface area (Å²) >= 11 is 1.54. The number of hydrogen-bond donors (Lipinski definition) is 1. The van der Waals surface area contributed by atoms with Crippen LogP contribution in [0.25, 0.3) is 15.9 Å². The minimum Gasteiger partial charge on any atom is -0.344 e. The molecule has 26 heavy (non-hydrogen) atoms. The Balaban J connectivity index is 1.54. The maximum absolute atomic E-state index is 12.4. The van der Waals surface area contributed by atoms with Gasteiger partial charge in [-0.15, -0.1) is 11.3 Å². The number of aromatic nitrogens is 3. The van der Waals surface area contributed by atoms with E-state index >= 15 is 0 Å². The monoisotopic (exact) mass is 362 g/mol. The molecule has 0 aliphatic heterocycles. The second-order valence-electron chi connectivity index (χ2n) is 5.56. The molecule has 0 saturated heterocycles. The predicted octanol–water partition coefficient (Wildman–Crippen LogP) is 2.77. The lowest BCUT2D eigenvalue weighted by Crippen LogP contribution is -2.28. The fourth-order valence-corrected chi connectivity index (χ4v) is 3.44. The lowest BCUT2D eigenvalue weighted by atomic mass is 10.3. The van der Waals surface area contributed by atoms with Crippen LogP contribution in [-0.4, -0.2) is 20.7 Å². The zero-order chi connectivity index (χ0) is 17.9. The Morgan fingerprint density at radius 3 is 2.58 bits per heavy atom. The summed E-state index contributed by atoms with van der Waals surface area (Å²) in [5, 5.41) is 7.79. The van der Waals surface area contributed by atoms with Crippen molar-refractivity contribution in [2.75, 3.05) is 0 Å². The van der Waals surface area contributed by atoms with Crippen LogP contribution in [0.2, 0.25) is 0 Å². The van der Waals surface area contributed by atoms with E-state index in [-0.39, 0.29) is 17.2 Å². The van der Waals surface area contributed by atoms with Gasteiger partial charge in [-0.3, -0.25) is 9.59 Å². The first kappa shape index (κ1) is 16.2. The molecule has 2 heterocycles. The minimum atomic E-state index is -0.353. The Hall–Kier alpha value is -3.32. The third-order valence-corrected chi connectivity index (χ3v) is 4.81. The average Bonchev–Trinajstić information content (AvgIpc) is 3.10. The molecular weight excluding hydrogens is 348 g/mol. The Morgan fingerprint density at radius 1 is 1.00 bits per heavy atom. The molecule has 0 saturated carbocycles. The van der Waals surface area contributed by atoms with Crippen molar-refractivity contribution in [3.8, 4) is 5.69 Å². The topological polar surface area (TPSA) is 76.9 Å². The lowest BCUT2D eigenvalue weighted by Gasteiger charge is -2.07.